The maximum atomic E-state index is 10.4. The van der Waals surface area contributed by atoms with Gasteiger partial charge in [0.05, 0.1) is 5.41 Å². The van der Waals surface area contributed by atoms with E-state index in [9.17, 15) is 8.42 Å². The first-order valence-corrected chi connectivity index (χ1v) is 9.70. The number of hydrogen-bond acceptors (Lipinski definition) is 2. The number of allylic oxidation sites excluding steroid dienone is 1. The van der Waals surface area contributed by atoms with Crippen LogP contribution in [0, 0.1) is 0 Å². The quantitative estimate of drug-likeness (QED) is 0.233. The molecule has 0 spiro atoms. The van der Waals surface area contributed by atoms with E-state index in [0.29, 0.717) is 0 Å². The van der Waals surface area contributed by atoms with Gasteiger partial charge in [0, 0.05) is 0 Å². The van der Waals surface area contributed by atoms with E-state index >= 15 is 0 Å². The molecule has 27 heavy (non-hydrogen) atoms. The molecule has 1 N–H and O–H groups in total. The van der Waals surface area contributed by atoms with E-state index in [2.05, 4.69) is 6.92 Å². The summed E-state index contributed by atoms with van der Waals surface area (Å²) < 4.78 is 29.3. The fourth-order valence-electron chi connectivity index (χ4n) is 2.29. The van der Waals surface area contributed by atoms with Gasteiger partial charge in [0.1, 0.15) is 0 Å². The minimum atomic E-state index is -3.92. The molecule has 0 aliphatic carbocycles. The molecule has 0 radical (unpaired) electrons. The average molecular weight is 472 g/mol. The van der Waals surface area contributed by atoms with E-state index in [-0.39, 0.29) is 207 Å². The second-order valence-corrected chi connectivity index (χ2v) is 6.87. The van der Waals surface area contributed by atoms with Gasteiger partial charge in [-0.2, -0.15) is 8.42 Å². The van der Waals surface area contributed by atoms with Crippen molar-refractivity contribution in [2.45, 2.75) is 90.4 Å². The Morgan fingerprint density at radius 2 is 0.889 bits per heavy atom. The zero-order valence-corrected chi connectivity index (χ0v) is 13.8. The third-order valence-electron chi connectivity index (χ3n) is 3.49. The Hall–Kier alpha value is 6.65. The zero-order valence-electron chi connectivity index (χ0n) is 13.0. The first kappa shape index (κ1) is 54.5. The van der Waals surface area contributed by atoms with Crippen LogP contribution < -0.4 is 0 Å². The summed E-state index contributed by atoms with van der Waals surface area (Å²) in [7, 11) is -3.92. The van der Waals surface area contributed by atoms with Crippen molar-refractivity contribution in [2.24, 2.45) is 0 Å². The van der Waals surface area contributed by atoms with Crippen molar-refractivity contribution in [3.63, 3.8) is 0 Å². The standard InChI is InChI=1S/C16H32O3S.7Na.7H/c1-2-3-4-5-6-7-8-9-10-11-12-13-14-15-16-20(17,18)19;;;;;;;;;;;;;;/h15-16H,2-14H2,1H3,(H,17,18,19);;;;;;;;;;;;;;. The predicted octanol–water partition coefficient (Wildman–Crippen LogP) is 0.940. The van der Waals surface area contributed by atoms with Gasteiger partial charge in [0.15, 0.2) is 0 Å². The Bertz CT molecular complexity index is 343. The number of unbranched alkanes of at least 4 members (excludes halogenated alkanes) is 12. The maximum absolute atomic E-state index is 10.4. The van der Waals surface area contributed by atoms with Gasteiger partial charge in [-0.3, -0.25) is 4.55 Å². The van der Waals surface area contributed by atoms with Crippen molar-refractivity contribution in [1.29, 1.82) is 0 Å². The van der Waals surface area contributed by atoms with Crippen LogP contribution in [-0.2, 0) is 10.1 Å². The van der Waals surface area contributed by atoms with Crippen LogP contribution in [0.3, 0.4) is 0 Å². The second-order valence-electron chi connectivity index (χ2n) is 5.56. The topological polar surface area (TPSA) is 54.4 Å². The molecule has 0 aromatic carbocycles. The van der Waals surface area contributed by atoms with Crippen LogP contribution in [0.5, 0.6) is 0 Å². The van der Waals surface area contributed by atoms with Crippen LogP contribution in [0.1, 0.15) is 90.4 Å². The van der Waals surface area contributed by atoms with Crippen molar-refractivity contribution in [3.05, 3.63) is 11.5 Å². The Morgan fingerprint density at radius 3 is 1.19 bits per heavy atom. The molecule has 0 bridgehead atoms. The molecule has 0 aliphatic rings. The fourth-order valence-corrected chi connectivity index (χ4v) is 2.67. The number of hydrogen-bond donors (Lipinski definition) is 1. The molecule has 0 aromatic heterocycles. The molecule has 0 rings (SSSR count). The molecule has 0 fully saturated rings. The second kappa shape index (κ2) is 42.8. The summed E-state index contributed by atoms with van der Waals surface area (Å²) in [6, 6.07) is 0. The SMILES string of the molecule is CCCCCCCCCCCCCCC=CS(=O)(=O)O.[NaH].[NaH].[NaH].[NaH].[NaH].[NaH].[NaH]. The van der Waals surface area contributed by atoms with Gasteiger partial charge < -0.3 is 0 Å². The van der Waals surface area contributed by atoms with Gasteiger partial charge in [-0.15, -0.1) is 0 Å². The molecular weight excluding hydrogens is 433 g/mol. The van der Waals surface area contributed by atoms with E-state index in [1.165, 1.54) is 70.3 Å². The molecule has 3 nitrogen and oxygen atoms in total. The van der Waals surface area contributed by atoms with Crippen LogP contribution in [0.25, 0.3) is 0 Å². The van der Waals surface area contributed by atoms with Crippen LogP contribution in [0.15, 0.2) is 11.5 Å². The zero-order chi connectivity index (χ0) is 15.1. The molecule has 134 valence electrons. The Labute approximate surface area is 324 Å². The molecule has 0 saturated carbocycles. The van der Waals surface area contributed by atoms with Crippen LogP contribution in [-0.4, -0.2) is 220 Å². The monoisotopic (exact) mass is 472 g/mol. The molecule has 0 saturated heterocycles. The van der Waals surface area contributed by atoms with Gasteiger partial charge in [-0.25, -0.2) is 0 Å². The summed E-state index contributed by atoms with van der Waals surface area (Å²) >= 11 is 0. The molecule has 0 unspecified atom stereocenters. The van der Waals surface area contributed by atoms with Gasteiger partial charge in [-0.05, 0) is 12.8 Å². The van der Waals surface area contributed by atoms with Gasteiger partial charge in [0.25, 0.3) is 10.1 Å². The summed E-state index contributed by atoms with van der Waals surface area (Å²) in [4.78, 5) is 0. The van der Waals surface area contributed by atoms with Crippen LogP contribution in [0.4, 0.5) is 0 Å². The molecule has 0 heterocycles. The van der Waals surface area contributed by atoms with Crippen molar-refractivity contribution < 1.29 is 13.0 Å². The Balaban J connectivity index is -0.0000000860. The van der Waals surface area contributed by atoms with E-state index in [1.54, 1.807) is 0 Å². The molecule has 11 heteroatoms. The summed E-state index contributed by atoms with van der Waals surface area (Å²) in [5, 5.41) is 0.880. The summed E-state index contributed by atoms with van der Waals surface area (Å²) in [6.07, 6.45) is 17.9. The van der Waals surface area contributed by atoms with E-state index in [1.807, 2.05) is 0 Å². The fraction of sp³-hybridized carbons (Fsp3) is 0.875. The van der Waals surface area contributed by atoms with Gasteiger partial charge in [-0.1, -0.05) is 83.6 Å². The first-order valence-electron chi connectivity index (χ1n) is 8.20. The van der Waals surface area contributed by atoms with E-state index in [0.717, 1.165) is 24.7 Å². The van der Waals surface area contributed by atoms with Gasteiger partial charge >= 0.3 is 207 Å². The molecule has 0 aliphatic heterocycles. The van der Waals surface area contributed by atoms with Crippen molar-refractivity contribution in [2.75, 3.05) is 0 Å². The minimum absolute atomic E-state index is 0. The van der Waals surface area contributed by atoms with Crippen molar-refractivity contribution in [3.8, 4) is 0 Å². The third kappa shape index (κ3) is 54.8. The Morgan fingerprint density at radius 1 is 0.593 bits per heavy atom. The van der Waals surface area contributed by atoms with Crippen LogP contribution in [0.2, 0.25) is 0 Å². The van der Waals surface area contributed by atoms with Crippen molar-refractivity contribution in [1.82, 2.24) is 0 Å². The van der Waals surface area contributed by atoms with Gasteiger partial charge in [0.2, 0.25) is 0 Å². The first-order chi connectivity index (χ1) is 9.56. The summed E-state index contributed by atoms with van der Waals surface area (Å²) in [5.74, 6) is 0. The third-order valence-corrected chi connectivity index (χ3v) is 4.03. The molecule has 0 amide bonds. The normalized spacial score (nSPS) is 9.11. The van der Waals surface area contributed by atoms with Crippen molar-refractivity contribution >= 4 is 217 Å². The summed E-state index contributed by atoms with van der Waals surface area (Å²) in [6.45, 7) is 2.25. The Kier molecular flexibility index (Phi) is 86.4. The van der Waals surface area contributed by atoms with E-state index in [4.69, 9.17) is 4.55 Å². The predicted molar refractivity (Wildman–Crippen MR) is 136 cm³/mol. The molecular formula is C16H39Na7O3S. The average Bonchev–Trinajstić information content (AvgIpc) is 2.38. The number of rotatable bonds is 14. The van der Waals surface area contributed by atoms with E-state index < -0.39 is 10.1 Å². The molecule has 0 aromatic rings. The van der Waals surface area contributed by atoms with Crippen LogP contribution >= 0.6 is 0 Å². The summed E-state index contributed by atoms with van der Waals surface area (Å²) in [5.41, 5.74) is 0. The molecule has 0 atom stereocenters.